The highest BCUT2D eigenvalue weighted by Crippen LogP contribution is 2.29. The number of furan rings is 1. The number of hydrogen-bond acceptors (Lipinski definition) is 2. The number of hydrogen-bond donors (Lipinski definition) is 1. The molecule has 0 saturated carbocycles. The first-order valence-electron chi connectivity index (χ1n) is 5.63. The van der Waals surface area contributed by atoms with Gasteiger partial charge in [0.2, 0.25) is 5.91 Å². The minimum Gasteiger partial charge on any atom is -0.456 e. The van der Waals surface area contributed by atoms with Gasteiger partial charge in [-0.1, -0.05) is 24.3 Å². The molecule has 0 radical (unpaired) electrons. The van der Waals surface area contributed by atoms with E-state index in [1.54, 1.807) is 6.08 Å². The number of fused-ring (bicyclic) bond motifs is 3. The number of rotatable bonds is 2. The van der Waals surface area contributed by atoms with E-state index in [0.717, 1.165) is 27.5 Å². The second-order valence-corrected chi connectivity index (χ2v) is 4.09. The van der Waals surface area contributed by atoms with Gasteiger partial charge in [-0.05, 0) is 29.8 Å². The van der Waals surface area contributed by atoms with Crippen molar-refractivity contribution in [3.05, 3.63) is 54.1 Å². The molecule has 0 unspecified atom stereocenters. The molecule has 18 heavy (non-hydrogen) atoms. The fourth-order valence-electron chi connectivity index (χ4n) is 2.03. The molecule has 0 aliphatic heterocycles. The lowest BCUT2D eigenvalue weighted by Gasteiger charge is -1.93. The summed E-state index contributed by atoms with van der Waals surface area (Å²) < 4.78 is 5.72. The molecule has 1 heterocycles. The molecule has 88 valence electrons. The van der Waals surface area contributed by atoms with Crippen LogP contribution in [0.1, 0.15) is 5.56 Å². The van der Waals surface area contributed by atoms with Gasteiger partial charge in [-0.3, -0.25) is 4.79 Å². The average molecular weight is 237 g/mol. The predicted molar refractivity (Wildman–Crippen MR) is 71.9 cm³/mol. The summed E-state index contributed by atoms with van der Waals surface area (Å²) in [5.41, 5.74) is 7.71. The Hall–Kier alpha value is -2.55. The number of benzene rings is 2. The van der Waals surface area contributed by atoms with Crippen LogP contribution >= 0.6 is 0 Å². The van der Waals surface area contributed by atoms with Crippen LogP contribution < -0.4 is 5.73 Å². The number of primary amides is 1. The largest absolute Gasteiger partial charge is 0.456 e. The smallest absolute Gasteiger partial charge is 0.241 e. The Labute approximate surface area is 103 Å². The number of carbonyl (C=O) groups is 1. The predicted octanol–water partition coefficient (Wildman–Crippen LogP) is 3.08. The molecule has 1 amide bonds. The van der Waals surface area contributed by atoms with Crippen LogP contribution in [0, 0.1) is 0 Å². The monoisotopic (exact) mass is 237 g/mol. The van der Waals surface area contributed by atoms with E-state index in [2.05, 4.69) is 0 Å². The lowest BCUT2D eigenvalue weighted by atomic mass is 10.1. The summed E-state index contributed by atoms with van der Waals surface area (Å²) in [6.45, 7) is 0. The van der Waals surface area contributed by atoms with E-state index in [0.29, 0.717) is 0 Å². The van der Waals surface area contributed by atoms with E-state index >= 15 is 0 Å². The second-order valence-electron chi connectivity index (χ2n) is 4.09. The van der Waals surface area contributed by atoms with Crippen molar-refractivity contribution in [1.29, 1.82) is 0 Å². The molecule has 3 nitrogen and oxygen atoms in total. The minimum absolute atomic E-state index is 0.452. The molecular formula is C15H11NO2. The zero-order chi connectivity index (χ0) is 12.5. The normalized spacial score (nSPS) is 11.6. The number of nitrogens with two attached hydrogens (primary N) is 1. The summed E-state index contributed by atoms with van der Waals surface area (Å²) in [5.74, 6) is -0.452. The molecular weight excluding hydrogens is 226 g/mol. The standard InChI is InChI=1S/C15H11NO2/c16-15(17)8-6-10-5-7-14-12(9-10)11-3-1-2-4-13(11)18-14/h1-9H,(H2,16,17). The van der Waals surface area contributed by atoms with Crippen LogP contribution in [0.5, 0.6) is 0 Å². The van der Waals surface area contributed by atoms with Crippen LogP contribution in [0.3, 0.4) is 0 Å². The van der Waals surface area contributed by atoms with E-state index in [4.69, 9.17) is 10.2 Å². The van der Waals surface area contributed by atoms with Crippen LogP contribution in [0.25, 0.3) is 28.0 Å². The van der Waals surface area contributed by atoms with Gasteiger partial charge in [-0.15, -0.1) is 0 Å². The summed E-state index contributed by atoms with van der Waals surface area (Å²) in [6, 6.07) is 13.7. The third-order valence-electron chi connectivity index (χ3n) is 2.84. The highest BCUT2D eigenvalue weighted by atomic mass is 16.3. The maximum absolute atomic E-state index is 10.7. The van der Waals surface area contributed by atoms with E-state index in [9.17, 15) is 4.79 Å². The molecule has 2 aromatic carbocycles. The fourth-order valence-corrected chi connectivity index (χ4v) is 2.03. The Morgan fingerprint density at radius 1 is 1.06 bits per heavy atom. The summed E-state index contributed by atoms with van der Waals surface area (Å²) in [4.78, 5) is 10.7. The molecule has 2 N–H and O–H groups in total. The molecule has 0 aliphatic carbocycles. The molecule has 0 saturated heterocycles. The molecule has 3 aromatic rings. The van der Waals surface area contributed by atoms with Crippen molar-refractivity contribution in [2.24, 2.45) is 5.73 Å². The van der Waals surface area contributed by atoms with E-state index in [1.807, 2.05) is 42.5 Å². The topological polar surface area (TPSA) is 56.2 Å². The summed E-state index contributed by atoms with van der Waals surface area (Å²) in [7, 11) is 0. The molecule has 3 rings (SSSR count). The molecule has 0 spiro atoms. The van der Waals surface area contributed by atoms with Crippen LogP contribution in [-0.4, -0.2) is 5.91 Å². The Kier molecular flexibility index (Phi) is 2.38. The zero-order valence-corrected chi connectivity index (χ0v) is 9.59. The van der Waals surface area contributed by atoms with Gasteiger partial charge >= 0.3 is 0 Å². The van der Waals surface area contributed by atoms with Crippen molar-refractivity contribution < 1.29 is 9.21 Å². The first-order chi connectivity index (χ1) is 8.74. The molecule has 1 aromatic heterocycles. The van der Waals surface area contributed by atoms with Gasteiger partial charge in [0.05, 0.1) is 0 Å². The SMILES string of the molecule is NC(=O)C=Cc1ccc2oc3ccccc3c2c1. The summed E-state index contributed by atoms with van der Waals surface area (Å²) in [6.07, 6.45) is 3.05. The quantitative estimate of drug-likeness (QED) is 0.696. The van der Waals surface area contributed by atoms with Gasteiger partial charge < -0.3 is 10.2 Å². The van der Waals surface area contributed by atoms with Gasteiger partial charge in [0.15, 0.2) is 0 Å². The van der Waals surface area contributed by atoms with Gasteiger partial charge in [-0.25, -0.2) is 0 Å². The maximum atomic E-state index is 10.7. The van der Waals surface area contributed by atoms with Gasteiger partial charge in [0.25, 0.3) is 0 Å². The van der Waals surface area contributed by atoms with Crippen molar-refractivity contribution in [2.45, 2.75) is 0 Å². The van der Waals surface area contributed by atoms with Crippen LogP contribution in [0.2, 0.25) is 0 Å². The first kappa shape index (κ1) is 10.6. The van der Waals surface area contributed by atoms with Crippen molar-refractivity contribution in [1.82, 2.24) is 0 Å². The molecule has 3 heteroatoms. The Balaban J connectivity index is 2.21. The number of amides is 1. The minimum atomic E-state index is -0.452. The Morgan fingerprint density at radius 3 is 2.67 bits per heavy atom. The van der Waals surface area contributed by atoms with Crippen molar-refractivity contribution in [2.75, 3.05) is 0 Å². The van der Waals surface area contributed by atoms with Gasteiger partial charge in [0.1, 0.15) is 11.2 Å². The lowest BCUT2D eigenvalue weighted by Crippen LogP contribution is -2.04. The third-order valence-corrected chi connectivity index (χ3v) is 2.84. The van der Waals surface area contributed by atoms with Gasteiger partial charge in [-0.2, -0.15) is 0 Å². The van der Waals surface area contributed by atoms with E-state index < -0.39 is 5.91 Å². The zero-order valence-electron chi connectivity index (χ0n) is 9.59. The van der Waals surface area contributed by atoms with Crippen molar-refractivity contribution >= 4 is 33.9 Å². The lowest BCUT2D eigenvalue weighted by molar-refractivity contribution is -0.113. The molecule has 0 bridgehead atoms. The molecule has 0 fully saturated rings. The second kappa shape index (κ2) is 4.04. The van der Waals surface area contributed by atoms with Gasteiger partial charge in [0, 0.05) is 16.8 Å². The van der Waals surface area contributed by atoms with Crippen LogP contribution in [0.15, 0.2) is 53.0 Å². The Morgan fingerprint density at radius 2 is 1.83 bits per heavy atom. The van der Waals surface area contributed by atoms with Crippen molar-refractivity contribution in [3.63, 3.8) is 0 Å². The third kappa shape index (κ3) is 1.76. The Bertz CT molecular complexity index is 768. The van der Waals surface area contributed by atoms with Crippen LogP contribution in [0.4, 0.5) is 0 Å². The molecule has 0 atom stereocenters. The highest BCUT2D eigenvalue weighted by molar-refractivity contribution is 6.05. The van der Waals surface area contributed by atoms with Crippen molar-refractivity contribution in [3.8, 4) is 0 Å². The highest BCUT2D eigenvalue weighted by Gasteiger charge is 2.05. The van der Waals surface area contributed by atoms with E-state index in [-0.39, 0.29) is 0 Å². The summed E-state index contributed by atoms with van der Waals surface area (Å²) in [5, 5.41) is 2.11. The van der Waals surface area contributed by atoms with Crippen LogP contribution in [-0.2, 0) is 4.79 Å². The first-order valence-corrected chi connectivity index (χ1v) is 5.63. The maximum Gasteiger partial charge on any atom is 0.241 e. The summed E-state index contributed by atoms with van der Waals surface area (Å²) >= 11 is 0. The molecule has 0 aliphatic rings. The average Bonchev–Trinajstić information content (AvgIpc) is 2.74. The van der Waals surface area contributed by atoms with E-state index in [1.165, 1.54) is 6.08 Å². The fraction of sp³-hybridized carbons (Fsp3) is 0. The number of carbonyl (C=O) groups excluding carboxylic acids is 1. The number of para-hydroxylation sites is 1.